The summed E-state index contributed by atoms with van der Waals surface area (Å²) in [6.07, 6.45) is 20.7. The second kappa shape index (κ2) is 12.4. The van der Waals surface area contributed by atoms with Gasteiger partial charge in [0.05, 0.1) is 12.0 Å². The summed E-state index contributed by atoms with van der Waals surface area (Å²) in [5, 5.41) is 0. The number of ether oxygens (including phenoxy) is 1. The van der Waals surface area contributed by atoms with Gasteiger partial charge in [-0.3, -0.25) is 4.79 Å². The summed E-state index contributed by atoms with van der Waals surface area (Å²) in [5.41, 5.74) is -0.111. The molecule has 3 nitrogen and oxygen atoms in total. The zero-order chi connectivity index (χ0) is 21.6. The molecular formula is C27H50BrNO2. The SMILES string of the molecule is CCCCCCCCCCC(C)C(C)(Br)CCOC(=O)C12CC3CC(CC(C3)C1)C2.N. The summed E-state index contributed by atoms with van der Waals surface area (Å²) in [6, 6.07) is 0. The van der Waals surface area contributed by atoms with Crippen LogP contribution in [-0.2, 0) is 9.53 Å². The van der Waals surface area contributed by atoms with Crippen LogP contribution in [-0.4, -0.2) is 16.9 Å². The molecule has 0 heterocycles. The molecule has 0 spiro atoms. The van der Waals surface area contributed by atoms with Gasteiger partial charge in [-0.25, -0.2) is 0 Å². The van der Waals surface area contributed by atoms with Crippen molar-refractivity contribution in [2.75, 3.05) is 6.61 Å². The van der Waals surface area contributed by atoms with Crippen LogP contribution in [0.4, 0.5) is 0 Å². The summed E-state index contributed by atoms with van der Waals surface area (Å²) in [4.78, 5) is 13.1. The predicted octanol–water partition coefficient (Wildman–Crippen LogP) is 8.62. The first-order valence-corrected chi connectivity index (χ1v) is 14.0. The smallest absolute Gasteiger partial charge is 0.312 e. The monoisotopic (exact) mass is 499 g/mol. The number of hydrogen-bond acceptors (Lipinski definition) is 3. The summed E-state index contributed by atoms with van der Waals surface area (Å²) < 4.78 is 6.00. The Morgan fingerprint density at radius 1 is 0.968 bits per heavy atom. The highest BCUT2D eigenvalue weighted by Crippen LogP contribution is 2.60. The molecule has 31 heavy (non-hydrogen) atoms. The van der Waals surface area contributed by atoms with Crippen LogP contribution in [0.5, 0.6) is 0 Å². The van der Waals surface area contributed by atoms with Crippen molar-refractivity contribution >= 4 is 21.9 Å². The van der Waals surface area contributed by atoms with Crippen LogP contribution in [0.15, 0.2) is 0 Å². The molecule has 3 N–H and O–H groups in total. The Morgan fingerprint density at radius 2 is 1.45 bits per heavy atom. The molecule has 0 aromatic carbocycles. The number of rotatable bonds is 14. The minimum Gasteiger partial charge on any atom is -0.465 e. The van der Waals surface area contributed by atoms with Crippen LogP contribution in [0.2, 0.25) is 0 Å². The van der Waals surface area contributed by atoms with E-state index in [-0.39, 0.29) is 21.9 Å². The Kier molecular flexibility index (Phi) is 10.9. The van der Waals surface area contributed by atoms with E-state index in [1.165, 1.54) is 77.0 Å². The van der Waals surface area contributed by atoms with Gasteiger partial charge in [-0.15, -0.1) is 0 Å². The van der Waals surface area contributed by atoms with Crippen molar-refractivity contribution in [2.45, 2.75) is 128 Å². The first-order chi connectivity index (χ1) is 14.3. The van der Waals surface area contributed by atoms with Crippen molar-refractivity contribution in [1.29, 1.82) is 0 Å². The molecule has 4 aliphatic rings. The summed E-state index contributed by atoms with van der Waals surface area (Å²) >= 11 is 3.98. The molecule has 0 saturated heterocycles. The molecule has 2 unspecified atom stereocenters. The van der Waals surface area contributed by atoms with Gasteiger partial charge in [0.25, 0.3) is 0 Å². The lowest BCUT2D eigenvalue weighted by Crippen LogP contribution is -2.50. The summed E-state index contributed by atoms with van der Waals surface area (Å²) in [5.74, 6) is 3.15. The van der Waals surface area contributed by atoms with Gasteiger partial charge in [0.1, 0.15) is 0 Å². The van der Waals surface area contributed by atoms with E-state index in [0.717, 1.165) is 43.4 Å². The fraction of sp³-hybridized carbons (Fsp3) is 0.963. The molecule has 4 aliphatic carbocycles. The highest BCUT2D eigenvalue weighted by atomic mass is 79.9. The van der Waals surface area contributed by atoms with Gasteiger partial charge in [0, 0.05) is 4.32 Å². The third-order valence-electron chi connectivity index (χ3n) is 8.81. The lowest BCUT2D eigenvalue weighted by molar-refractivity contribution is -0.171. The molecule has 0 aliphatic heterocycles. The number of halogens is 1. The molecule has 4 bridgehead atoms. The zero-order valence-corrected chi connectivity index (χ0v) is 22.3. The van der Waals surface area contributed by atoms with Gasteiger partial charge in [-0.05, 0) is 82.0 Å². The van der Waals surface area contributed by atoms with Gasteiger partial charge in [0.2, 0.25) is 0 Å². The minimum absolute atomic E-state index is 0. The average molecular weight is 501 g/mol. The first kappa shape index (κ1) is 27.2. The largest absolute Gasteiger partial charge is 0.465 e. The molecule has 0 amide bonds. The van der Waals surface area contributed by atoms with Crippen LogP contribution < -0.4 is 6.15 Å². The van der Waals surface area contributed by atoms with Gasteiger partial charge < -0.3 is 10.9 Å². The molecule has 4 heteroatoms. The summed E-state index contributed by atoms with van der Waals surface area (Å²) in [7, 11) is 0. The van der Waals surface area contributed by atoms with Crippen molar-refractivity contribution in [1.82, 2.24) is 6.15 Å². The number of alkyl halides is 1. The van der Waals surface area contributed by atoms with Crippen LogP contribution >= 0.6 is 15.9 Å². The Hall–Kier alpha value is -0.0900. The Morgan fingerprint density at radius 3 is 1.97 bits per heavy atom. The highest BCUT2D eigenvalue weighted by Gasteiger charge is 2.55. The fourth-order valence-corrected chi connectivity index (χ4v) is 7.38. The Balaban J connectivity index is 0.00000341. The maximum absolute atomic E-state index is 13.1. The maximum Gasteiger partial charge on any atom is 0.312 e. The van der Waals surface area contributed by atoms with Crippen LogP contribution in [0.3, 0.4) is 0 Å². The number of carbonyl (C=O) groups is 1. The van der Waals surface area contributed by atoms with Gasteiger partial charge in [-0.2, -0.15) is 0 Å². The van der Waals surface area contributed by atoms with E-state index < -0.39 is 0 Å². The number of carbonyl (C=O) groups excluding carboxylic acids is 1. The first-order valence-electron chi connectivity index (χ1n) is 13.2. The molecule has 0 radical (unpaired) electrons. The minimum atomic E-state index is -0.111. The standard InChI is InChI=1S/C27H47BrO2.H3N/c1-4-5-6-7-8-9-10-11-12-21(2)26(3,28)13-14-30-25(29)27-18-22-15-23(19-27)17-24(16-22)20-27;/h21-24H,4-20H2,1-3H3;1H3. The predicted molar refractivity (Wildman–Crippen MR) is 135 cm³/mol. The number of unbranched alkanes of at least 4 members (excludes halogenated alkanes) is 7. The second-order valence-corrected chi connectivity index (χ2v) is 13.3. The van der Waals surface area contributed by atoms with E-state index in [1.807, 2.05) is 0 Å². The van der Waals surface area contributed by atoms with Crippen molar-refractivity contribution in [2.24, 2.45) is 29.1 Å². The number of hydrogen-bond donors (Lipinski definition) is 1. The molecule has 2 atom stereocenters. The molecule has 4 saturated carbocycles. The van der Waals surface area contributed by atoms with E-state index in [4.69, 9.17) is 4.74 Å². The zero-order valence-electron chi connectivity index (χ0n) is 20.7. The normalized spacial score (nSPS) is 31.7. The van der Waals surface area contributed by atoms with Crippen molar-refractivity contribution in [3.8, 4) is 0 Å². The van der Waals surface area contributed by atoms with Gasteiger partial charge in [-0.1, -0.05) is 81.1 Å². The Labute approximate surface area is 200 Å². The number of esters is 1. The van der Waals surface area contributed by atoms with Crippen LogP contribution in [0.1, 0.15) is 124 Å². The average Bonchev–Trinajstić information content (AvgIpc) is 2.68. The fourth-order valence-electron chi connectivity index (χ4n) is 6.99. The van der Waals surface area contributed by atoms with E-state index in [2.05, 4.69) is 36.7 Å². The van der Waals surface area contributed by atoms with Crippen molar-refractivity contribution in [3.05, 3.63) is 0 Å². The highest BCUT2D eigenvalue weighted by molar-refractivity contribution is 9.10. The molecule has 4 rings (SSSR count). The molecule has 4 fully saturated rings. The van der Waals surface area contributed by atoms with Crippen molar-refractivity contribution < 1.29 is 9.53 Å². The van der Waals surface area contributed by atoms with Gasteiger partial charge in [0.15, 0.2) is 0 Å². The lowest BCUT2D eigenvalue weighted by Gasteiger charge is -2.55. The summed E-state index contributed by atoms with van der Waals surface area (Å²) in [6.45, 7) is 7.50. The second-order valence-electron chi connectivity index (χ2n) is 11.5. The quantitative estimate of drug-likeness (QED) is 0.148. The molecule has 0 aromatic heterocycles. The Bertz CT molecular complexity index is 512. The van der Waals surface area contributed by atoms with E-state index in [9.17, 15) is 4.79 Å². The van der Waals surface area contributed by atoms with Crippen molar-refractivity contribution in [3.63, 3.8) is 0 Å². The third-order valence-corrected chi connectivity index (χ3v) is 9.99. The lowest BCUT2D eigenvalue weighted by atomic mass is 9.49. The third kappa shape index (κ3) is 7.45. The topological polar surface area (TPSA) is 61.3 Å². The van der Waals surface area contributed by atoms with E-state index in [0.29, 0.717) is 12.5 Å². The maximum atomic E-state index is 13.1. The molecule has 182 valence electrons. The van der Waals surface area contributed by atoms with E-state index >= 15 is 0 Å². The van der Waals surface area contributed by atoms with E-state index in [1.54, 1.807) is 0 Å². The molecule has 0 aromatic rings. The molecular weight excluding hydrogens is 450 g/mol. The van der Waals surface area contributed by atoms with Crippen LogP contribution in [0, 0.1) is 29.1 Å². The van der Waals surface area contributed by atoms with Gasteiger partial charge >= 0.3 is 5.97 Å². The van der Waals surface area contributed by atoms with Crippen LogP contribution in [0.25, 0.3) is 0 Å².